The molecule has 1 heterocycles. The lowest BCUT2D eigenvalue weighted by molar-refractivity contribution is 0.112. The van der Waals surface area contributed by atoms with E-state index in [0.717, 1.165) is 29.0 Å². The number of hydrogen-bond donors (Lipinski definition) is 0. The van der Waals surface area contributed by atoms with Gasteiger partial charge in [0.2, 0.25) is 0 Å². The SMILES string of the molecule is CCN(c1nc(Cl)c(C=O)s1)c1cccc2ccccc12. The fraction of sp³-hybridized carbons (Fsp3) is 0.125. The van der Waals surface area contributed by atoms with E-state index in [-0.39, 0.29) is 5.15 Å². The Morgan fingerprint density at radius 1 is 1.24 bits per heavy atom. The van der Waals surface area contributed by atoms with E-state index in [0.29, 0.717) is 4.88 Å². The van der Waals surface area contributed by atoms with Gasteiger partial charge >= 0.3 is 0 Å². The van der Waals surface area contributed by atoms with Crippen molar-refractivity contribution in [3.63, 3.8) is 0 Å². The zero-order valence-electron chi connectivity index (χ0n) is 11.4. The van der Waals surface area contributed by atoms with Crippen molar-refractivity contribution in [1.82, 2.24) is 4.98 Å². The summed E-state index contributed by atoms with van der Waals surface area (Å²) in [6.07, 6.45) is 0.750. The van der Waals surface area contributed by atoms with Gasteiger partial charge in [0.1, 0.15) is 4.88 Å². The van der Waals surface area contributed by atoms with Crippen LogP contribution in [0.25, 0.3) is 10.8 Å². The van der Waals surface area contributed by atoms with Crippen LogP contribution in [-0.2, 0) is 0 Å². The van der Waals surface area contributed by atoms with Crippen LogP contribution in [-0.4, -0.2) is 17.8 Å². The minimum Gasteiger partial charge on any atom is -0.317 e. The average molecular weight is 317 g/mol. The molecule has 5 heteroatoms. The summed E-state index contributed by atoms with van der Waals surface area (Å²) >= 11 is 7.30. The molecule has 1 aromatic heterocycles. The van der Waals surface area contributed by atoms with Crippen LogP contribution >= 0.6 is 22.9 Å². The van der Waals surface area contributed by atoms with E-state index in [1.54, 1.807) is 0 Å². The van der Waals surface area contributed by atoms with Crippen molar-refractivity contribution in [3.05, 3.63) is 52.5 Å². The van der Waals surface area contributed by atoms with Gasteiger partial charge in [-0.15, -0.1) is 0 Å². The second kappa shape index (κ2) is 5.84. The second-order valence-electron chi connectivity index (χ2n) is 4.51. The minimum atomic E-state index is 0.267. The van der Waals surface area contributed by atoms with Gasteiger partial charge in [0.25, 0.3) is 0 Å². The van der Waals surface area contributed by atoms with Crippen LogP contribution in [0.5, 0.6) is 0 Å². The normalized spacial score (nSPS) is 10.8. The third-order valence-corrected chi connectivity index (χ3v) is 4.71. The number of benzene rings is 2. The fourth-order valence-corrected chi connectivity index (χ4v) is 3.48. The van der Waals surface area contributed by atoms with Crippen LogP contribution in [0.1, 0.15) is 16.6 Å². The molecule has 0 aliphatic heterocycles. The first-order valence-corrected chi connectivity index (χ1v) is 7.81. The van der Waals surface area contributed by atoms with Crippen molar-refractivity contribution >= 4 is 50.8 Å². The van der Waals surface area contributed by atoms with E-state index in [1.807, 2.05) is 18.2 Å². The van der Waals surface area contributed by atoms with Gasteiger partial charge in [-0.25, -0.2) is 4.98 Å². The molecule has 0 fully saturated rings. The summed E-state index contributed by atoms with van der Waals surface area (Å²) < 4.78 is 0. The Morgan fingerprint density at radius 3 is 2.71 bits per heavy atom. The number of thiazole rings is 1. The van der Waals surface area contributed by atoms with Crippen LogP contribution in [0, 0.1) is 0 Å². The van der Waals surface area contributed by atoms with Gasteiger partial charge in [0.15, 0.2) is 16.6 Å². The van der Waals surface area contributed by atoms with E-state index < -0.39 is 0 Å². The Labute approximate surface area is 131 Å². The molecular formula is C16H13ClN2OS. The Bertz CT molecular complexity index is 795. The predicted octanol–water partition coefficient (Wildman–Crippen LogP) is 4.92. The number of carbonyl (C=O) groups excluding carboxylic acids is 1. The zero-order valence-corrected chi connectivity index (χ0v) is 13.0. The smallest absolute Gasteiger partial charge is 0.191 e. The van der Waals surface area contributed by atoms with Crippen LogP contribution in [0.15, 0.2) is 42.5 Å². The van der Waals surface area contributed by atoms with Crippen molar-refractivity contribution in [2.24, 2.45) is 0 Å². The first-order chi connectivity index (χ1) is 10.2. The molecular weight excluding hydrogens is 304 g/mol. The van der Waals surface area contributed by atoms with Crippen LogP contribution in [0.2, 0.25) is 5.15 Å². The van der Waals surface area contributed by atoms with Gasteiger partial charge in [-0.05, 0) is 18.4 Å². The molecule has 0 radical (unpaired) electrons. The van der Waals surface area contributed by atoms with Gasteiger partial charge in [-0.1, -0.05) is 59.3 Å². The van der Waals surface area contributed by atoms with Gasteiger partial charge in [-0.3, -0.25) is 4.79 Å². The molecule has 106 valence electrons. The third-order valence-electron chi connectivity index (χ3n) is 3.31. The van der Waals surface area contributed by atoms with E-state index in [1.165, 1.54) is 16.7 Å². The lowest BCUT2D eigenvalue weighted by atomic mass is 10.1. The number of fused-ring (bicyclic) bond motifs is 1. The molecule has 0 spiro atoms. The van der Waals surface area contributed by atoms with E-state index in [9.17, 15) is 4.79 Å². The molecule has 3 aromatic rings. The summed E-state index contributed by atoms with van der Waals surface area (Å²) in [5.41, 5.74) is 1.07. The Kier molecular flexibility index (Phi) is 3.90. The second-order valence-corrected chi connectivity index (χ2v) is 5.88. The van der Waals surface area contributed by atoms with Crippen molar-refractivity contribution in [2.45, 2.75) is 6.92 Å². The summed E-state index contributed by atoms with van der Waals surface area (Å²) in [5, 5.41) is 3.33. The topological polar surface area (TPSA) is 33.2 Å². The quantitative estimate of drug-likeness (QED) is 0.640. The van der Waals surface area contributed by atoms with Crippen LogP contribution in [0.4, 0.5) is 10.8 Å². The lowest BCUT2D eigenvalue weighted by Gasteiger charge is -2.21. The fourth-order valence-electron chi connectivity index (χ4n) is 2.34. The first-order valence-electron chi connectivity index (χ1n) is 6.61. The highest BCUT2D eigenvalue weighted by molar-refractivity contribution is 7.17. The molecule has 2 aromatic carbocycles. The van der Waals surface area contributed by atoms with E-state index >= 15 is 0 Å². The van der Waals surface area contributed by atoms with Crippen LogP contribution in [0.3, 0.4) is 0 Å². The van der Waals surface area contributed by atoms with Crippen molar-refractivity contribution in [3.8, 4) is 0 Å². The molecule has 0 atom stereocenters. The summed E-state index contributed by atoms with van der Waals surface area (Å²) in [4.78, 5) is 17.8. The maximum absolute atomic E-state index is 11.0. The number of halogens is 1. The standard InChI is InChI=1S/C16H13ClN2OS/c1-2-19(16-18-15(17)14(10-20)21-16)13-9-5-7-11-6-3-4-8-12(11)13/h3-10H,2H2,1H3. The third kappa shape index (κ3) is 2.52. The highest BCUT2D eigenvalue weighted by Gasteiger charge is 2.17. The maximum atomic E-state index is 11.0. The summed E-state index contributed by atoms with van der Waals surface area (Å²) in [6, 6.07) is 14.4. The van der Waals surface area contributed by atoms with Gasteiger partial charge < -0.3 is 4.90 Å². The Hall–Kier alpha value is -1.91. The van der Waals surface area contributed by atoms with Crippen molar-refractivity contribution < 1.29 is 4.79 Å². The monoisotopic (exact) mass is 316 g/mol. The maximum Gasteiger partial charge on any atom is 0.191 e. The zero-order chi connectivity index (χ0) is 14.8. The molecule has 3 rings (SSSR count). The first kappa shape index (κ1) is 14.0. The Balaban J connectivity index is 2.15. The number of nitrogens with zero attached hydrogens (tertiary/aromatic N) is 2. The highest BCUT2D eigenvalue weighted by Crippen LogP contribution is 2.36. The average Bonchev–Trinajstić information content (AvgIpc) is 2.89. The van der Waals surface area contributed by atoms with Crippen LogP contribution < -0.4 is 4.90 Å². The van der Waals surface area contributed by atoms with E-state index in [4.69, 9.17) is 11.6 Å². The summed E-state index contributed by atoms with van der Waals surface area (Å²) in [6.45, 7) is 2.80. The predicted molar refractivity (Wildman–Crippen MR) is 89.1 cm³/mol. The number of carbonyl (C=O) groups is 1. The highest BCUT2D eigenvalue weighted by atomic mass is 35.5. The number of anilines is 2. The molecule has 0 aliphatic carbocycles. The molecule has 0 unspecified atom stereocenters. The lowest BCUT2D eigenvalue weighted by Crippen LogP contribution is -2.16. The summed E-state index contributed by atoms with van der Waals surface area (Å²) in [5.74, 6) is 0. The number of aldehydes is 1. The van der Waals surface area contributed by atoms with Gasteiger partial charge in [-0.2, -0.15) is 0 Å². The molecule has 3 nitrogen and oxygen atoms in total. The van der Waals surface area contributed by atoms with Gasteiger partial charge in [0, 0.05) is 11.9 Å². The molecule has 21 heavy (non-hydrogen) atoms. The van der Waals surface area contributed by atoms with Crippen molar-refractivity contribution in [1.29, 1.82) is 0 Å². The summed E-state index contributed by atoms with van der Waals surface area (Å²) in [7, 11) is 0. The minimum absolute atomic E-state index is 0.267. The molecule has 0 bridgehead atoms. The molecule has 0 saturated heterocycles. The van der Waals surface area contributed by atoms with Crippen molar-refractivity contribution in [2.75, 3.05) is 11.4 Å². The van der Waals surface area contributed by atoms with Gasteiger partial charge in [0.05, 0.1) is 5.69 Å². The Morgan fingerprint density at radius 2 is 2.00 bits per heavy atom. The number of aromatic nitrogens is 1. The molecule has 0 amide bonds. The molecule has 0 saturated carbocycles. The molecule has 0 aliphatic rings. The largest absolute Gasteiger partial charge is 0.317 e. The molecule has 0 N–H and O–H groups in total. The van der Waals surface area contributed by atoms with E-state index in [2.05, 4.69) is 41.1 Å². The number of hydrogen-bond acceptors (Lipinski definition) is 4. The number of rotatable bonds is 4.